The maximum atomic E-state index is 13.8. The third-order valence-electron chi connectivity index (χ3n) is 10.1. The molecule has 1 heterocycles. The normalized spacial score (nSPS) is 26.0. The van der Waals surface area contributed by atoms with E-state index in [9.17, 15) is 19.5 Å². The number of amides is 1. The molecule has 4 unspecified atom stereocenters. The van der Waals surface area contributed by atoms with Gasteiger partial charge >= 0.3 is 11.9 Å². The van der Waals surface area contributed by atoms with Crippen molar-refractivity contribution in [1.82, 2.24) is 5.32 Å². The zero-order chi connectivity index (χ0) is 33.8. The van der Waals surface area contributed by atoms with Crippen molar-refractivity contribution in [2.75, 3.05) is 12.3 Å². The zero-order valence-corrected chi connectivity index (χ0v) is 28.9. The molecule has 0 bridgehead atoms. The molecule has 0 spiro atoms. The minimum atomic E-state index is -0.819. The number of hydrogen-bond donors (Lipinski definition) is 4. The molecule has 0 aromatic heterocycles. The van der Waals surface area contributed by atoms with Gasteiger partial charge in [-0.3, -0.25) is 14.4 Å². The van der Waals surface area contributed by atoms with Crippen molar-refractivity contribution in [2.45, 2.75) is 122 Å². The van der Waals surface area contributed by atoms with Crippen LogP contribution in [0.5, 0.6) is 5.75 Å². The fourth-order valence-corrected chi connectivity index (χ4v) is 7.64. The molecule has 1 aromatic rings. The Balaban J connectivity index is 1.50. The molecule has 8 atom stereocenters. The Morgan fingerprint density at radius 1 is 1.13 bits per heavy atom. The highest BCUT2D eigenvalue weighted by molar-refractivity contribution is 7.80. The molecule has 2 saturated carbocycles. The SMILES string of the molecule is CC#CCC(C)[C@H](O)C=C[C@H]1C(OC(=O)C2CCCCC2C(=O)NCCCCCCS)C[C@@H]2Oc3c(CCCC(=O)O)cccc3[C@@H]21. The lowest BCUT2D eigenvalue weighted by molar-refractivity contribution is -0.161. The van der Waals surface area contributed by atoms with Crippen LogP contribution >= 0.6 is 12.6 Å². The van der Waals surface area contributed by atoms with Gasteiger partial charge in [-0.2, -0.15) is 12.6 Å². The molecule has 3 N–H and O–H groups in total. The number of carbonyl (C=O) groups is 3. The molecule has 8 nitrogen and oxygen atoms in total. The van der Waals surface area contributed by atoms with Crippen molar-refractivity contribution in [3.8, 4) is 17.6 Å². The zero-order valence-electron chi connectivity index (χ0n) is 28.0. The average molecular weight is 668 g/mol. The number of esters is 1. The number of thiol groups is 1. The lowest BCUT2D eigenvalue weighted by Crippen LogP contribution is -2.41. The predicted octanol–water partition coefficient (Wildman–Crippen LogP) is 6.25. The van der Waals surface area contributed by atoms with E-state index in [1.54, 1.807) is 13.0 Å². The summed E-state index contributed by atoms with van der Waals surface area (Å²) >= 11 is 4.26. The van der Waals surface area contributed by atoms with E-state index in [4.69, 9.17) is 14.6 Å². The first-order valence-corrected chi connectivity index (χ1v) is 18.2. The second-order valence-electron chi connectivity index (χ2n) is 13.5. The number of aliphatic hydroxyl groups is 1. The highest BCUT2D eigenvalue weighted by Gasteiger charge is 2.52. The molecule has 0 saturated heterocycles. The van der Waals surface area contributed by atoms with Gasteiger partial charge in [0, 0.05) is 43.2 Å². The van der Waals surface area contributed by atoms with Gasteiger partial charge in [-0.05, 0) is 62.7 Å². The van der Waals surface area contributed by atoms with E-state index in [2.05, 4.69) is 29.8 Å². The van der Waals surface area contributed by atoms with Crippen molar-refractivity contribution in [1.29, 1.82) is 0 Å². The van der Waals surface area contributed by atoms with Crippen LogP contribution < -0.4 is 10.1 Å². The third-order valence-corrected chi connectivity index (χ3v) is 10.4. The van der Waals surface area contributed by atoms with E-state index in [0.29, 0.717) is 45.1 Å². The van der Waals surface area contributed by atoms with Crippen LogP contribution in [-0.2, 0) is 25.5 Å². The van der Waals surface area contributed by atoms with Gasteiger partial charge < -0.3 is 25.0 Å². The summed E-state index contributed by atoms with van der Waals surface area (Å²) in [5.74, 6) is 5.17. The lowest BCUT2D eigenvalue weighted by Gasteiger charge is -2.31. The molecular weight excluding hydrogens is 614 g/mol. The van der Waals surface area contributed by atoms with Gasteiger partial charge in [0.1, 0.15) is 18.0 Å². The smallest absolute Gasteiger partial charge is 0.310 e. The molecule has 4 rings (SSSR count). The van der Waals surface area contributed by atoms with Gasteiger partial charge in [-0.1, -0.05) is 63.0 Å². The number of para-hydroxylation sites is 1. The number of nitrogens with one attached hydrogen (secondary N) is 1. The standard InChI is InChI=1S/C38H53NO7S/c1-3-4-13-25(2)31(40)21-20-29-32(24-33-35(29)30-18-11-14-26(36(30)45-33)15-12-19-34(41)42)46-38(44)28-17-8-7-16-27(28)37(43)39-22-9-5-6-10-23-47/h11,14,18,20-21,25,27-29,31-33,35,40,47H,5-10,12-13,15-17,19,22-24H2,1-2H3,(H,39,43)(H,41,42)/t25?,27?,28?,29-,31+,32?,33-,35-/m0/s1. The topological polar surface area (TPSA) is 122 Å². The van der Waals surface area contributed by atoms with Crippen LogP contribution in [0.15, 0.2) is 30.4 Å². The quantitative estimate of drug-likeness (QED) is 0.0510. The van der Waals surface area contributed by atoms with E-state index < -0.39 is 30.0 Å². The number of aliphatic carboxylic acids is 1. The lowest BCUT2D eigenvalue weighted by atomic mass is 9.78. The first-order valence-electron chi connectivity index (χ1n) is 17.6. The summed E-state index contributed by atoms with van der Waals surface area (Å²) in [5, 5.41) is 23.1. The van der Waals surface area contributed by atoms with Crippen LogP contribution in [0.25, 0.3) is 0 Å². The number of fused-ring (bicyclic) bond motifs is 3. The fourth-order valence-electron chi connectivity index (χ4n) is 7.41. The molecule has 1 aromatic carbocycles. The molecule has 1 aliphatic heterocycles. The number of benzene rings is 1. The number of carboxylic acids is 1. The molecule has 1 amide bonds. The number of ether oxygens (including phenoxy) is 2. The minimum Gasteiger partial charge on any atom is -0.489 e. The van der Waals surface area contributed by atoms with Gasteiger partial charge in [0.05, 0.1) is 17.9 Å². The van der Waals surface area contributed by atoms with Crippen LogP contribution in [0, 0.1) is 35.5 Å². The maximum absolute atomic E-state index is 13.8. The van der Waals surface area contributed by atoms with Crippen molar-refractivity contribution < 1.29 is 34.1 Å². The number of aliphatic hydroxyl groups excluding tert-OH is 1. The number of aryl methyl sites for hydroxylation is 1. The molecule has 2 aliphatic carbocycles. The van der Waals surface area contributed by atoms with E-state index in [1.807, 2.05) is 31.2 Å². The van der Waals surface area contributed by atoms with Crippen LogP contribution in [-0.4, -0.2) is 58.7 Å². The Hall–Kier alpha value is -2.96. The van der Waals surface area contributed by atoms with Crippen molar-refractivity contribution in [2.24, 2.45) is 23.7 Å². The van der Waals surface area contributed by atoms with Gasteiger partial charge in [-0.25, -0.2) is 0 Å². The summed E-state index contributed by atoms with van der Waals surface area (Å²) in [6, 6.07) is 6.01. The molecule has 3 aliphatic rings. The van der Waals surface area contributed by atoms with E-state index in [-0.39, 0.29) is 42.2 Å². The summed E-state index contributed by atoms with van der Waals surface area (Å²) in [6.45, 7) is 4.36. The number of rotatable bonds is 17. The van der Waals surface area contributed by atoms with E-state index in [0.717, 1.165) is 61.2 Å². The third kappa shape index (κ3) is 10.0. The highest BCUT2D eigenvalue weighted by Crippen LogP contribution is 2.53. The van der Waals surface area contributed by atoms with Gasteiger partial charge in [-0.15, -0.1) is 11.8 Å². The molecule has 2 fully saturated rings. The predicted molar refractivity (Wildman–Crippen MR) is 185 cm³/mol. The van der Waals surface area contributed by atoms with Crippen LogP contribution in [0.3, 0.4) is 0 Å². The van der Waals surface area contributed by atoms with Crippen molar-refractivity contribution >= 4 is 30.5 Å². The van der Waals surface area contributed by atoms with Crippen LogP contribution in [0.2, 0.25) is 0 Å². The second-order valence-corrected chi connectivity index (χ2v) is 13.9. The Morgan fingerprint density at radius 2 is 1.89 bits per heavy atom. The summed E-state index contributed by atoms with van der Waals surface area (Å²) < 4.78 is 12.8. The Bertz CT molecular complexity index is 1300. The van der Waals surface area contributed by atoms with Crippen LogP contribution in [0.1, 0.15) is 108 Å². The molecule has 9 heteroatoms. The Kier molecular flexibility index (Phi) is 14.5. The van der Waals surface area contributed by atoms with Gasteiger partial charge in [0.15, 0.2) is 0 Å². The summed E-state index contributed by atoms with van der Waals surface area (Å²) in [4.78, 5) is 38.2. The molecular formula is C38H53NO7S. The fraction of sp³-hybridized carbons (Fsp3) is 0.658. The van der Waals surface area contributed by atoms with Crippen molar-refractivity contribution in [3.05, 3.63) is 41.5 Å². The largest absolute Gasteiger partial charge is 0.489 e. The summed E-state index contributed by atoms with van der Waals surface area (Å²) in [7, 11) is 0. The monoisotopic (exact) mass is 667 g/mol. The number of carbonyl (C=O) groups excluding carboxylic acids is 2. The molecule has 258 valence electrons. The first-order chi connectivity index (χ1) is 22.7. The van der Waals surface area contributed by atoms with Crippen molar-refractivity contribution in [3.63, 3.8) is 0 Å². The summed E-state index contributed by atoms with van der Waals surface area (Å²) in [6.07, 6.45) is 11.9. The van der Waals surface area contributed by atoms with E-state index >= 15 is 0 Å². The summed E-state index contributed by atoms with van der Waals surface area (Å²) in [5.41, 5.74) is 2.01. The van der Waals surface area contributed by atoms with Crippen LogP contribution in [0.4, 0.5) is 0 Å². The number of hydrogen-bond acceptors (Lipinski definition) is 7. The second kappa shape index (κ2) is 18.5. The molecule has 0 radical (unpaired) electrons. The van der Waals surface area contributed by atoms with Gasteiger partial charge in [0.2, 0.25) is 5.91 Å². The Morgan fingerprint density at radius 3 is 2.64 bits per heavy atom. The maximum Gasteiger partial charge on any atom is 0.310 e. The van der Waals surface area contributed by atoms with E-state index in [1.165, 1.54) is 0 Å². The minimum absolute atomic E-state index is 0.0550. The number of carboxylic acid groups (broad SMARTS) is 1. The Labute approximate surface area is 285 Å². The molecule has 47 heavy (non-hydrogen) atoms. The number of unbranched alkanes of at least 4 members (excludes halogenated alkanes) is 3. The highest BCUT2D eigenvalue weighted by atomic mass is 32.1. The first kappa shape index (κ1) is 36.9. The average Bonchev–Trinajstić information content (AvgIpc) is 3.59. The van der Waals surface area contributed by atoms with Gasteiger partial charge in [0.25, 0.3) is 0 Å².